The highest BCUT2D eigenvalue weighted by Crippen LogP contribution is 2.22. The molecule has 154 valence electrons. The van der Waals surface area contributed by atoms with E-state index in [9.17, 15) is 23.3 Å². The number of benzene rings is 2. The fourth-order valence-corrected chi connectivity index (χ4v) is 4.90. The summed E-state index contributed by atoms with van der Waals surface area (Å²) < 4.78 is 32.8. The summed E-state index contributed by atoms with van der Waals surface area (Å²) in [6.07, 6.45) is 0. The number of nitrogens with zero attached hydrogens (tertiary/aromatic N) is 3. The van der Waals surface area contributed by atoms with E-state index in [0.29, 0.717) is 4.47 Å². The van der Waals surface area contributed by atoms with Crippen LogP contribution in [-0.4, -0.2) is 61.2 Å². The van der Waals surface area contributed by atoms with Crippen LogP contribution in [0.15, 0.2) is 57.9 Å². The molecule has 1 fully saturated rings. The summed E-state index contributed by atoms with van der Waals surface area (Å²) in [6, 6.07) is 12.1. The van der Waals surface area contributed by atoms with Gasteiger partial charge in [0.1, 0.15) is 5.75 Å². The van der Waals surface area contributed by atoms with Gasteiger partial charge in [0.25, 0.3) is 11.6 Å². The molecule has 1 aliphatic heterocycles. The number of sulfonamides is 1. The van der Waals surface area contributed by atoms with Crippen LogP contribution in [0, 0.1) is 10.1 Å². The second-order valence-corrected chi connectivity index (χ2v) is 9.14. The molecule has 0 unspecified atom stereocenters. The number of hydrogen-bond acceptors (Lipinski definition) is 6. The maximum absolute atomic E-state index is 12.7. The molecule has 0 N–H and O–H groups in total. The van der Waals surface area contributed by atoms with Crippen molar-refractivity contribution >= 4 is 37.5 Å². The number of nitro benzene ring substituents is 1. The molecule has 3 rings (SSSR count). The molecule has 1 aliphatic rings. The fraction of sp³-hybridized carbons (Fsp3) is 0.278. The van der Waals surface area contributed by atoms with Crippen molar-refractivity contribution in [1.82, 2.24) is 9.21 Å². The van der Waals surface area contributed by atoms with Crippen molar-refractivity contribution in [1.29, 1.82) is 0 Å². The number of ether oxygens (including phenoxy) is 1. The van der Waals surface area contributed by atoms with Gasteiger partial charge >= 0.3 is 0 Å². The molecule has 0 aromatic heterocycles. The van der Waals surface area contributed by atoms with E-state index in [1.807, 2.05) is 0 Å². The van der Waals surface area contributed by atoms with Crippen molar-refractivity contribution in [3.05, 3.63) is 63.1 Å². The van der Waals surface area contributed by atoms with Gasteiger partial charge in [0.2, 0.25) is 10.0 Å². The van der Waals surface area contributed by atoms with Gasteiger partial charge in [-0.3, -0.25) is 14.9 Å². The average Bonchev–Trinajstić information content (AvgIpc) is 2.72. The number of carbonyl (C=O) groups is 1. The first-order chi connectivity index (χ1) is 13.8. The monoisotopic (exact) mass is 483 g/mol. The Balaban J connectivity index is 1.55. The van der Waals surface area contributed by atoms with Gasteiger partial charge in [-0.1, -0.05) is 28.1 Å². The molecule has 2 aromatic carbocycles. The number of halogens is 1. The largest absolute Gasteiger partial charge is 0.484 e. The summed E-state index contributed by atoms with van der Waals surface area (Å²) >= 11 is 3.27. The normalized spacial score (nSPS) is 15.1. The van der Waals surface area contributed by atoms with Crippen molar-refractivity contribution in [3.63, 3.8) is 0 Å². The topological polar surface area (TPSA) is 110 Å². The van der Waals surface area contributed by atoms with Crippen molar-refractivity contribution in [2.75, 3.05) is 32.8 Å². The van der Waals surface area contributed by atoms with Crippen LogP contribution in [0.4, 0.5) is 5.69 Å². The Morgan fingerprint density at radius 3 is 2.45 bits per heavy atom. The van der Waals surface area contributed by atoms with Crippen LogP contribution in [0.5, 0.6) is 5.75 Å². The van der Waals surface area contributed by atoms with Gasteiger partial charge < -0.3 is 9.64 Å². The van der Waals surface area contributed by atoms with E-state index >= 15 is 0 Å². The lowest BCUT2D eigenvalue weighted by Crippen LogP contribution is -2.51. The molecule has 0 bridgehead atoms. The molecule has 0 aliphatic carbocycles. The zero-order valence-electron chi connectivity index (χ0n) is 15.2. The standard InChI is InChI=1S/C18H18BrN3O6S/c19-14-3-1-6-17(11-14)29(26,27)21-9-7-20(8-10-21)18(23)13-28-16-5-2-4-15(12-16)22(24)25/h1-6,11-12H,7-10,13H2. The molecule has 2 aromatic rings. The first kappa shape index (κ1) is 21.2. The van der Waals surface area contributed by atoms with E-state index in [0.717, 1.165) is 0 Å². The lowest BCUT2D eigenvalue weighted by atomic mass is 10.3. The first-order valence-corrected chi connectivity index (χ1v) is 10.9. The second kappa shape index (κ2) is 8.89. The van der Waals surface area contributed by atoms with Gasteiger partial charge in [-0.2, -0.15) is 4.31 Å². The number of non-ortho nitro benzene ring substituents is 1. The van der Waals surface area contributed by atoms with Crippen LogP contribution in [0.1, 0.15) is 0 Å². The van der Waals surface area contributed by atoms with Crippen LogP contribution in [0.2, 0.25) is 0 Å². The van der Waals surface area contributed by atoms with E-state index in [-0.39, 0.29) is 55.0 Å². The quantitative estimate of drug-likeness (QED) is 0.460. The Morgan fingerprint density at radius 1 is 1.10 bits per heavy atom. The first-order valence-electron chi connectivity index (χ1n) is 8.68. The van der Waals surface area contributed by atoms with Gasteiger partial charge in [-0.15, -0.1) is 0 Å². The Bertz CT molecular complexity index is 1020. The van der Waals surface area contributed by atoms with E-state index in [1.54, 1.807) is 18.2 Å². The van der Waals surface area contributed by atoms with Gasteiger partial charge in [0.05, 0.1) is 15.9 Å². The second-order valence-electron chi connectivity index (χ2n) is 6.29. The molecule has 0 atom stereocenters. The molecule has 0 spiro atoms. The Labute approximate surface area is 176 Å². The van der Waals surface area contributed by atoms with Crippen LogP contribution < -0.4 is 4.74 Å². The van der Waals surface area contributed by atoms with Crippen LogP contribution in [0.3, 0.4) is 0 Å². The number of hydrogen-bond donors (Lipinski definition) is 0. The van der Waals surface area contributed by atoms with Gasteiger partial charge in [0, 0.05) is 36.7 Å². The lowest BCUT2D eigenvalue weighted by molar-refractivity contribution is -0.384. The average molecular weight is 484 g/mol. The van der Waals surface area contributed by atoms with Crippen molar-refractivity contribution in [3.8, 4) is 5.75 Å². The van der Waals surface area contributed by atoms with Gasteiger partial charge in [-0.25, -0.2) is 8.42 Å². The Kier molecular flexibility index (Phi) is 6.50. The van der Waals surface area contributed by atoms with Crippen LogP contribution in [-0.2, 0) is 14.8 Å². The molecule has 0 radical (unpaired) electrons. The zero-order chi connectivity index (χ0) is 21.0. The van der Waals surface area contributed by atoms with Gasteiger partial charge in [-0.05, 0) is 24.3 Å². The fourth-order valence-electron chi connectivity index (χ4n) is 2.88. The summed E-state index contributed by atoms with van der Waals surface area (Å²) in [5, 5.41) is 10.8. The molecular weight excluding hydrogens is 466 g/mol. The predicted octanol–water partition coefficient (Wildman–Crippen LogP) is 2.27. The van der Waals surface area contributed by atoms with E-state index in [2.05, 4.69) is 15.9 Å². The highest BCUT2D eigenvalue weighted by molar-refractivity contribution is 9.10. The molecule has 1 heterocycles. The zero-order valence-corrected chi connectivity index (χ0v) is 17.6. The highest BCUT2D eigenvalue weighted by atomic mass is 79.9. The van der Waals surface area contributed by atoms with Gasteiger partial charge in [0.15, 0.2) is 6.61 Å². The number of piperazine rings is 1. The smallest absolute Gasteiger partial charge is 0.273 e. The molecule has 0 saturated carbocycles. The third kappa shape index (κ3) is 5.11. The molecule has 11 heteroatoms. The van der Waals surface area contributed by atoms with E-state index in [1.165, 1.54) is 39.5 Å². The minimum Gasteiger partial charge on any atom is -0.484 e. The summed E-state index contributed by atoms with van der Waals surface area (Å²) in [4.78, 5) is 24.3. The van der Waals surface area contributed by atoms with Crippen LogP contribution in [0.25, 0.3) is 0 Å². The molecule has 29 heavy (non-hydrogen) atoms. The van der Waals surface area contributed by atoms with E-state index < -0.39 is 14.9 Å². The number of nitro groups is 1. The molecule has 1 saturated heterocycles. The SMILES string of the molecule is O=C(COc1cccc([N+](=O)[O-])c1)N1CCN(S(=O)(=O)c2cccc(Br)c2)CC1. The van der Waals surface area contributed by atoms with Crippen molar-refractivity contribution < 1.29 is 22.9 Å². The van der Waals surface area contributed by atoms with E-state index in [4.69, 9.17) is 4.74 Å². The minimum absolute atomic E-state index is 0.124. The van der Waals surface area contributed by atoms with Crippen molar-refractivity contribution in [2.45, 2.75) is 4.90 Å². The Morgan fingerprint density at radius 2 is 1.79 bits per heavy atom. The molecule has 1 amide bonds. The lowest BCUT2D eigenvalue weighted by Gasteiger charge is -2.34. The van der Waals surface area contributed by atoms with Crippen LogP contribution >= 0.6 is 15.9 Å². The summed E-state index contributed by atoms with van der Waals surface area (Å²) in [5.74, 6) is -0.0839. The minimum atomic E-state index is -3.63. The Hall–Kier alpha value is -2.50. The predicted molar refractivity (Wildman–Crippen MR) is 108 cm³/mol. The third-order valence-electron chi connectivity index (χ3n) is 4.42. The maximum atomic E-state index is 12.7. The van der Waals surface area contributed by atoms with Crippen molar-refractivity contribution in [2.24, 2.45) is 0 Å². The molecule has 9 nitrogen and oxygen atoms in total. The number of amides is 1. The maximum Gasteiger partial charge on any atom is 0.273 e. The summed E-state index contributed by atoms with van der Waals surface area (Å²) in [5.41, 5.74) is -0.124. The molecular formula is C18H18BrN3O6S. The summed E-state index contributed by atoms with van der Waals surface area (Å²) in [7, 11) is -3.63. The third-order valence-corrected chi connectivity index (χ3v) is 6.80. The number of rotatable bonds is 6. The number of carbonyl (C=O) groups excluding carboxylic acids is 1. The highest BCUT2D eigenvalue weighted by Gasteiger charge is 2.30. The summed E-state index contributed by atoms with van der Waals surface area (Å²) in [6.45, 7) is 0.559.